The number of rotatable bonds is 4. The van der Waals surface area contributed by atoms with Gasteiger partial charge in [-0.3, -0.25) is 10.00 Å². The standard InChI is InChI=1S/C19H23FN4O2/c20-14-3-1-2-12(4-14)18-13(5-22-23-18)7-24-8-16-15(9-25)17-6-21-10-19(16,11-24)26-17/h1-5,15-17,21,25H,6-11H2,(H,22,23)/t15-,16+,17+,19+/m0/s1. The molecule has 3 N–H and O–H groups in total. The summed E-state index contributed by atoms with van der Waals surface area (Å²) < 4.78 is 19.9. The van der Waals surface area contributed by atoms with Crippen LogP contribution in [0.3, 0.4) is 0 Å². The van der Waals surface area contributed by atoms with Crippen molar-refractivity contribution in [2.45, 2.75) is 18.2 Å². The van der Waals surface area contributed by atoms with Gasteiger partial charge in [-0.25, -0.2) is 4.39 Å². The van der Waals surface area contributed by atoms with Crippen LogP contribution in [0, 0.1) is 17.7 Å². The molecule has 3 aliphatic rings. The smallest absolute Gasteiger partial charge is 0.123 e. The molecule has 3 aliphatic heterocycles. The summed E-state index contributed by atoms with van der Waals surface area (Å²) >= 11 is 0. The topological polar surface area (TPSA) is 73.4 Å². The lowest BCUT2D eigenvalue weighted by atomic mass is 9.83. The summed E-state index contributed by atoms with van der Waals surface area (Å²) in [5.41, 5.74) is 2.52. The maximum atomic E-state index is 13.6. The van der Waals surface area contributed by atoms with Crippen LogP contribution in [-0.4, -0.2) is 64.7 Å². The van der Waals surface area contributed by atoms with E-state index in [-0.39, 0.29) is 30.0 Å². The molecule has 4 heterocycles. The molecular formula is C19H23FN4O2. The third-order valence-corrected chi connectivity index (χ3v) is 6.21. The van der Waals surface area contributed by atoms with Crippen molar-refractivity contribution in [2.24, 2.45) is 11.8 Å². The van der Waals surface area contributed by atoms with Crippen LogP contribution in [0.4, 0.5) is 4.39 Å². The Morgan fingerprint density at radius 2 is 2.35 bits per heavy atom. The minimum absolute atomic E-state index is 0.123. The number of halogens is 1. The molecule has 138 valence electrons. The van der Waals surface area contributed by atoms with Crippen LogP contribution >= 0.6 is 0 Å². The van der Waals surface area contributed by atoms with Crippen LogP contribution in [0.5, 0.6) is 0 Å². The molecule has 3 fully saturated rings. The SMILES string of the molecule is OC[C@H]1[C@H]2CN(Cc3cn[nH]c3-c3cccc(F)c3)C[C@]23CNC[C@H]1O3. The van der Waals surface area contributed by atoms with Gasteiger partial charge in [-0.1, -0.05) is 12.1 Å². The first-order valence-electron chi connectivity index (χ1n) is 9.18. The lowest BCUT2D eigenvalue weighted by molar-refractivity contribution is -0.0746. The lowest BCUT2D eigenvalue weighted by Crippen LogP contribution is -2.52. The number of hydrogen-bond acceptors (Lipinski definition) is 5. The van der Waals surface area contributed by atoms with Gasteiger partial charge in [0.15, 0.2) is 0 Å². The molecule has 0 aliphatic carbocycles. The Balaban J connectivity index is 1.37. The van der Waals surface area contributed by atoms with Gasteiger partial charge in [0.1, 0.15) is 5.82 Å². The first kappa shape index (κ1) is 16.4. The highest BCUT2D eigenvalue weighted by Crippen LogP contribution is 2.47. The van der Waals surface area contributed by atoms with Crippen molar-refractivity contribution in [1.82, 2.24) is 20.4 Å². The number of nitrogens with zero attached hydrogens (tertiary/aromatic N) is 2. The van der Waals surface area contributed by atoms with Crippen molar-refractivity contribution in [3.8, 4) is 11.3 Å². The van der Waals surface area contributed by atoms with Gasteiger partial charge in [-0.15, -0.1) is 0 Å². The van der Waals surface area contributed by atoms with E-state index >= 15 is 0 Å². The summed E-state index contributed by atoms with van der Waals surface area (Å²) in [5.74, 6) is 0.287. The summed E-state index contributed by atoms with van der Waals surface area (Å²) in [6.45, 7) is 4.31. The van der Waals surface area contributed by atoms with Gasteiger partial charge in [0.25, 0.3) is 0 Å². The zero-order valence-corrected chi connectivity index (χ0v) is 14.5. The third kappa shape index (κ3) is 2.50. The van der Waals surface area contributed by atoms with E-state index in [1.165, 1.54) is 12.1 Å². The summed E-state index contributed by atoms with van der Waals surface area (Å²) in [6, 6.07) is 6.56. The van der Waals surface area contributed by atoms with Gasteiger partial charge in [-0.05, 0) is 12.1 Å². The predicted molar refractivity (Wildman–Crippen MR) is 93.8 cm³/mol. The summed E-state index contributed by atoms with van der Waals surface area (Å²) in [6.07, 6.45) is 1.94. The minimum atomic E-state index is -0.254. The van der Waals surface area contributed by atoms with Crippen molar-refractivity contribution >= 4 is 0 Å². The fraction of sp³-hybridized carbons (Fsp3) is 0.526. The molecule has 1 spiro atoms. The van der Waals surface area contributed by atoms with E-state index in [4.69, 9.17) is 4.74 Å². The minimum Gasteiger partial charge on any atom is -0.396 e. The number of fused-ring (bicyclic) bond motifs is 1. The molecule has 5 rings (SSSR count). The monoisotopic (exact) mass is 358 g/mol. The van der Waals surface area contributed by atoms with E-state index in [0.29, 0.717) is 5.92 Å². The number of aromatic amines is 1. The Morgan fingerprint density at radius 1 is 1.42 bits per heavy atom. The second kappa shape index (κ2) is 6.13. The zero-order valence-electron chi connectivity index (χ0n) is 14.5. The molecule has 2 bridgehead atoms. The van der Waals surface area contributed by atoms with E-state index < -0.39 is 0 Å². The molecule has 0 radical (unpaired) electrons. The average molecular weight is 358 g/mol. The van der Waals surface area contributed by atoms with E-state index in [1.54, 1.807) is 6.07 Å². The van der Waals surface area contributed by atoms with Crippen molar-refractivity contribution in [3.63, 3.8) is 0 Å². The van der Waals surface area contributed by atoms with Crippen LogP contribution in [0.15, 0.2) is 30.5 Å². The predicted octanol–water partition coefficient (Wildman–Crippen LogP) is 0.997. The highest BCUT2D eigenvalue weighted by atomic mass is 19.1. The highest BCUT2D eigenvalue weighted by Gasteiger charge is 2.60. The normalized spacial score (nSPS) is 33.5. The Kier molecular flexibility index (Phi) is 3.86. The van der Waals surface area contributed by atoms with Crippen molar-refractivity contribution in [1.29, 1.82) is 0 Å². The van der Waals surface area contributed by atoms with Crippen LogP contribution in [0.2, 0.25) is 0 Å². The van der Waals surface area contributed by atoms with Gasteiger partial charge >= 0.3 is 0 Å². The van der Waals surface area contributed by atoms with Crippen molar-refractivity contribution in [2.75, 3.05) is 32.8 Å². The summed E-state index contributed by atoms with van der Waals surface area (Å²) in [5, 5.41) is 20.5. The van der Waals surface area contributed by atoms with E-state index in [9.17, 15) is 9.50 Å². The van der Waals surface area contributed by atoms with Gasteiger partial charge < -0.3 is 15.2 Å². The number of likely N-dealkylation sites (tertiary alicyclic amines) is 1. The van der Waals surface area contributed by atoms with Gasteiger partial charge in [0.05, 0.1) is 23.6 Å². The Labute approximate surface area is 151 Å². The van der Waals surface area contributed by atoms with Crippen molar-refractivity contribution in [3.05, 3.63) is 41.8 Å². The van der Waals surface area contributed by atoms with E-state index in [1.807, 2.05) is 12.3 Å². The van der Waals surface area contributed by atoms with Gasteiger partial charge in [0.2, 0.25) is 0 Å². The molecule has 7 heteroatoms. The molecule has 2 aromatic rings. The van der Waals surface area contributed by atoms with Crippen LogP contribution in [0.1, 0.15) is 5.56 Å². The molecule has 26 heavy (non-hydrogen) atoms. The molecule has 6 nitrogen and oxygen atoms in total. The number of aromatic nitrogens is 2. The molecule has 1 aromatic heterocycles. The molecule has 0 saturated carbocycles. The Hall–Kier alpha value is -1.80. The average Bonchev–Trinajstić information content (AvgIpc) is 3.26. The van der Waals surface area contributed by atoms with Crippen LogP contribution in [0.25, 0.3) is 11.3 Å². The zero-order chi connectivity index (χ0) is 17.7. The quantitative estimate of drug-likeness (QED) is 0.760. The van der Waals surface area contributed by atoms with Crippen molar-refractivity contribution < 1.29 is 14.2 Å². The number of ether oxygens (including phenoxy) is 1. The molecule has 4 atom stereocenters. The Morgan fingerprint density at radius 3 is 3.19 bits per heavy atom. The molecular weight excluding hydrogens is 335 g/mol. The fourth-order valence-electron chi connectivity index (χ4n) is 5.08. The third-order valence-electron chi connectivity index (χ3n) is 6.21. The summed E-state index contributed by atoms with van der Waals surface area (Å²) in [7, 11) is 0. The first-order chi connectivity index (χ1) is 12.7. The molecule has 0 amide bonds. The number of H-pyrrole nitrogens is 1. The molecule has 0 unspecified atom stereocenters. The number of morpholine rings is 1. The fourth-order valence-corrected chi connectivity index (χ4v) is 5.08. The van der Waals surface area contributed by atoms with Crippen LogP contribution in [-0.2, 0) is 11.3 Å². The number of nitrogens with one attached hydrogen (secondary N) is 2. The largest absolute Gasteiger partial charge is 0.396 e. The molecule has 1 aromatic carbocycles. The number of aliphatic hydroxyl groups is 1. The number of aliphatic hydroxyl groups excluding tert-OH is 1. The van der Waals surface area contributed by atoms with Gasteiger partial charge in [-0.2, -0.15) is 5.10 Å². The Bertz CT molecular complexity index is 812. The van der Waals surface area contributed by atoms with E-state index in [0.717, 1.165) is 49.5 Å². The summed E-state index contributed by atoms with van der Waals surface area (Å²) in [4.78, 5) is 2.37. The number of hydrogen-bond donors (Lipinski definition) is 3. The second-order valence-electron chi connectivity index (χ2n) is 7.76. The maximum Gasteiger partial charge on any atom is 0.123 e. The van der Waals surface area contributed by atoms with Crippen LogP contribution < -0.4 is 5.32 Å². The van der Waals surface area contributed by atoms with Gasteiger partial charge in [0, 0.05) is 62.3 Å². The molecule has 3 saturated heterocycles. The second-order valence-corrected chi connectivity index (χ2v) is 7.76. The number of benzene rings is 1. The van der Waals surface area contributed by atoms with E-state index in [2.05, 4.69) is 20.4 Å². The highest BCUT2D eigenvalue weighted by molar-refractivity contribution is 5.62. The maximum absolute atomic E-state index is 13.6. The lowest BCUT2D eigenvalue weighted by Gasteiger charge is -2.34. The first-order valence-corrected chi connectivity index (χ1v) is 9.18.